The van der Waals surface area contributed by atoms with Gasteiger partial charge in [0.1, 0.15) is 12.4 Å². The van der Waals surface area contributed by atoms with Crippen LogP contribution in [-0.4, -0.2) is 12.1 Å². The summed E-state index contributed by atoms with van der Waals surface area (Å²) in [6, 6.07) is 36.2. The molecule has 34 heavy (non-hydrogen) atoms. The van der Waals surface area contributed by atoms with E-state index in [0.717, 1.165) is 33.2 Å². The number of rotatable bonds is 7. The van der Waals surface area contributed by atoms with Crippen molar-refractivity contribution < 1.29 is 9.53 Å². The van der Waals surface area contributed by atoms with Crippen molar-refractivity contribution in [3.8, 4) is 5.75 Å². The van der Waals surface area contributed by atoms with Gasteiger partial charge in [-0.2, -0.15) is 5.10 Å². The first-order chi connectivity index (χ1) is 16.8. The number of ether oxygens (including phenoxy) is 1. The molecule has 4 nitrogen and oxygen atoms in total. The highest BCUT2D eigenvalue weighted by Gasteiger charge is 2.06. The molecule has 0 aliphatic heterocycles. The number of fused-ring (bicyclic) bond motifs is 2. The van der Waals surface area contributed by atoms with E-state index in [9.17, 15) is 4.79 Å². The number of carbonyl (C=O) groups is 1. The molecule has 5 aromatic rings. The Hall–Kier alpha value is -4.44. The highest BCUT2D eigenvalue weighted by Crippen LogP contribution is 2.21. The normalized spacial score (nSPS) is 11.2. The second-order valence-electron chi connectivity index (χ2n) is 8.11. The zero-order chi connectivity index (χ0) is 23.2. The number of benzene rings is 5. The molecule has 1 amide bonds. The van der Waals surface area contributed by atoms with E-state index in [1.54, 1.807) is 6.21 Å². The van der Waals surface area contributed by atoms with Crippen LogP contribution in [0, 0.1) is 0 Å². The van der Waals surface area contributed by atoms with Gasteiger partial charge in [0.25, 0.3) is 0 Å². The van der Waals surface area contributed by atoms with Crippen molar-refractivity contribution in [2.45, 2.75) is 13.0 Å². The Labute approximate surface area is 198 Å². The average Bonchev–Trinajstić information content (AvgIpc) is 2.88. The first-order valence-electron chi connectivity index (χ1n) is 11.2. The zero-order valence-corrected chi connectivity index (χ0v) is 18.6. The van der Waals surface area contributed by atoms with E-state index < -0.39 is 0 Å². The SMILES string of the molecule is O=C(Cc1cccc2ccccc12)N/N=C\c1cccc(OCc2cccc3ccccc23)c1. The number of carbonyl (C=O) groups excluding carboxylic acids is 1. The number of hydrogen-bond acceptors (Lipinski definition) is 3. The number of hydrogen-bond donors (Lipinski definition) is 1. The van der Waals surface area contributed by atoms with Gasteiger partial charge < -0.3 is 4.74 Å². The zero-order valence-electron chi connectivity index (χ0n) is 18.6. The van der Waals surface area contributed by atoms with Crippen molar-refractivity contribution in [3.63, 3.8) is 0 Å². The maximum absolute atomic E-state index is 12.4. The van der Waals surface area contributed by atoms with Gasteiger partial charge in [0.05, 0.1) is 12.6 Å². The van der Waals surface area contributed by atoms with E-state index in [4.69, 9.17) is 4.74 Å². The quantitative estimate of drug-likeness (QED) is 0.238. The maximum Gasteiger partial charge on any atom is 0.244 e. The van der Waals surface area contributed by atoms with Gasteiger partial charge in [-0.1, -0.05) is 97.1 Å². The molecule has 0 aliphatic carbocycles. The smallest absolute Gasteiger partial charge is 0.244 e. The van der Waals surface area contributed by atoms with E-state index in [0.29, 0.717) is 6.61 Å². The molecule has 0 heterocycles. The van der Waals surface area contributed by atoms with Crippen LogP contribution >= 0.6 is 0 Å². The number of nitrogens with zero attached hydrogens (tertiary/aromatic N) is 1. The minimum atomic E-state index is -0.157. The van der Waals surface area contributed by atoms with Crippen molar-refractivity contribution in [1.29, 1.82) is 0 Å². The summed E-state index contributed by atoms with van der Waals surface area (Å²) in [6.07, 6.45) is 1.90. The Morgan fingerprint density at radius 2 is 1.35 bits per heavy atom. The van der Waals surface area contributed by atoms with Crippen molar-refractivity contribution in [1.82, 2.24) is 5.43 Å². The summed E-state index contributed by atoms with van der Waals surface area (Å²) >= 11 is 0. The van der Waals surface area contributed by atoms with Gasteiger partial charge in [-0.25, -0.2) is 5.43 Å². The molecule has 0 unspecified atom stereocenters. The van der Waals surface area contributed by atoms with Crippen LogP contribution in [0.1, 0.15) is 16.7 Å². The summed E-state index contributed by atoms with van der Waals surface area (Å²) in [5.74, 6) is 0.593. The van der Waals surface area contributed by atoms with Crippen LogP contribution in [0.4, 0.5) is 0 Å². The van der Waals surface area contributed by atoms with Crippen molar-refractivity contribution >= 4 is 33.7 Å². The highest BCUT2D eigenvalue weighted by atomic mass is 16.5. The summed E-state index contributed by atoms with van der Waals surface area (Å²) in [5, 5.41) is 8.73. The van der Waals surface area contributed by atoms with E-state index in [1.807, 2.05) is 84.9 Å². The van der Waals surface area contributed by atoms with Gasteiger partial charge >= 0.3 is 0 Å². The molecule has 0 aromatic heterocycles. The van der Waals surface area contributed by atoms with E-state index in [2.05, 4.69) is 34.8 Å². The molecule has 4 heteroatoms. The minimum absolute atomic E-state index is 0.157. The Morgan fingerprint density at radius 1 is 0.735 bits per heavy atom. The summed E-state index contributed by atoms with van der Waals surface area (Å²) < 4.78 is 6.04. The molecule has 1 N–H and O–H groups in total. The molecule has 166 valence electrons. The van der Waals surface area contributed by atoms with Crippen LogP contribution in [-0.2, 0) is 17.8 Å². The van der Waals surface area contributed by atoms with Crippen LogP contribution in [0.15, 0.2) is 114 Å². The lowest BCUT2D eigenvalue weighted by atomic mass is 10.0. The third-order valence-corrected chi connectivity index (χ3v) is 5.77. The standard InChI is InChI=1S/C30H24N2O2/c33-30(19-25-13-6-11-23-9-1-3-16-28(23)25)32-31-20-22-8-5-15-27(18-22)34-21-26-14-7-12-24-10-2-4-17-29(24)26/h1-18,20H,19,21H2,(H,32,33)/b31-20-. The minimum Gasteiger partial charge on any atom is -0.489 e. The molecule has 0 fully saturated rings. The predicted molar refractivity (Wildman–Crippen MR) is 138 cm³/mol. The predicted octanol–water partition coefficient (Wildman–Crippen LogP) is 6.26. The molecule has 0 saturated carbocycles. The third kappa shape index (κ3) is 4.97. The van der Waals surface area contributed by atoms with Gasteiger partial charge in [-0.3, -0.25) is 4.79 Å². The van der Waals surface area contributed by atoms with Gasteiger partial charge in [0.2, 0.25) is 5.91 Å². The highest BCUT2D eigenvalue weighted by molar-refractivity contribution is 5.91. The Kier molecular flexibility index (Phi) is 6.30. The Balaban J connectivity index is 1.20. The van der Waals surface area contributed by atoms with E-state index in [-0.39, 0.29) is 12.3 Å². The molecule has 5 aromatic carbocycles. The molecule has 0 atom stereocenters. The van der Waals surface area contributed by atoms with Crippen LogP contribution in [0.25, 0.3) is 21.5 Å². The van der Waals surface area contributed by atoms with Crippen LogP contribution < -0.4 is 10.2 Å². The van der Waals surface area contributed by atoms with Crippen LogP contribution in [0.5, 0.6) is 5.75 Å². The van der Waals surface area contributed by atoms with E-state index in [1.165, 1.54) is 10.8 Å². The van der Waals surface area contributed by atoms with Gasteiger partial charge in [0.15, 0.2) is 0 Å². The number of nitrogens with one attached hydrogen (secondary N) is 1. The largest absolute Gasteiger partial charge is 0.489 e. The van der Waals surface area contributed by atoms with Crippen LogP contribution in [0.2, 0.25) is 0 Å². The molecule has 0 radical (unpaired) electrons. The third-order valence-electron chi connectivity index (χ3n) is 5.77. The molecule has 0 spiro atoms. The maximum atomic E-state index is 12.4. The van der Waals surface area contributed by atoms with E-state index >= 15 is 0 Å². The lowest BCUT2D eigenvalue weighted by molar-refractivity contribution is -0.120. The topological polar surface area (TPSA) is 50.7 Å². The second kappa shape index (κ2) is 10.0. The molecule has 0 bridgehead atoms. The average molecular weight is 445 g/mol. The molecule has 0 saturated heterocycles. The van der Waals surface area contributed by atoms with Gasteiger partial charge in [0, 0.05) is 0 Å². The second-order valence-corrected chi connectivity index (χ2v) is 8.11. The number of hydrazone groups is 1. The Bertz CT molecular complexity index is 1480. The van der Waals surface area contributed by atoms with Gasteiger partial charge in [-0.05, 0) is 50.4 Å². The molecular formula is C30H24N2O2. The molecular weight excluding hydrogens is 420 g/mol. The fourth-order valence-corrected chi connectivity index (χ4v) is 4.10. The lowest BCUT2D eigenvalue weighted by Gasteiger charge is -2.09. The fraction of sp³-hybridized carbons (Fsp3) is 0.0667. The fourth-order valence-electron chi connectivity index (χ4n) is 4.10. The summed E-state index contributed by atoms with van der Waals surface area (Å²) in [7, 11) is 0. The summed E-state index contributed by atoms with van der Waals surface area (Å²) in [6.45, 7) is 0.476. The van der Waals surface area contributed by atoms with Gasteiger partial charge in [-0.15, -0.1) is 0 Å². The Morgan fingerprint density at radius 3 is 2.12 bits per heavy atom. The van der Waals surface area contributed by atoms with Crippen molar-refractivity contribution in [3.05, 3.63) is 126 Å². The number of amides is 1. The van der Waals surface area contributed by atoms with Crippen molar-refractivity contribution in [2.75, 3.05) is 0 Å². The monoisotopic (exact) mass is 444 g/mol. The molecule has 5 rings (SSSR count). The van der Waals surface area contributed by atoms with Crippen LogP contribution in [0.3, 0.4) is 0 Å². The first kappa shape index (κ1) is 21.4. The lowest BCUT2D eigenvalue weighted by Crippen LogP contribution is -2.19. The van der Waals surface area contributed by atoms with Crippen molar-refractivity contribution in [2.24, 2.45) is 5.10 Å². The molecule has 0 aliphatic rings. The summed E-state index contributed by atoms with van der Waals surface area (Å²) in [4.78, 5) is 12.4. The first-order valence-corrected chi connectivity index (χ1v) is 11.2. The summed E-state index contributed by atoms with van der Waals surface area (Å²) in [5.41, 5.74) is 5.60.